The van der Waals surface area contributed by atoms with Crippen LogP contribution in [0.1, 0.15) is 44.7 Å². The number of hydrogen-bond acceptors (Lipinski definition) is 7. The lowest BCUT2D eigenvalue weighted by Gasteiger charge is -2.30. The van der Waals surface area contributed by atoms with Crippen LogP contribution in [-0.2, 0) is 36.9 Å². The van der Waals surface area contributed by atoms with Crippen molar-refractivity contribution in [1.29, 1.82) is 0 Å². The van der Waals surface area contributed by atoms with Crippen LogP contribution in [0.15, 0.2) is 30.4 Å². The maximum Gasteiger partial charge on any atom is 0.410 e. The number of nitrogens with one attached hydrogen (secondary N) is 1. The van der Waals surface area contributed by atoms with Crippen LogP contribution in [0.2, 0.25) is 0 Å². The molecule has 3 amide bonds. The van der Waals surface area contributed by atoms with Crippen LogP contribution in [-0.4, -0.2) is 70.8 Å². The number of fused-ring (bicyclic) bond motifs is 2. The van der Waals surface area contributed by atoms with Crippen molar-refractivity contribution in [3.8, 4) is 0 Å². The number of benzene rings is 1. The summed E-state index contributed by atoms with van der Waals surface area (Å²) in [7, 11) is 1.21. The highest BCUT2D eigenvalue weighted by Gasteiger charge is 2.51. The topological polar surface area (TPSA) is 114 Å². The van der Waals surface area contributed by atoms with Gasteiger partial charge in [0.05, 0.1) is 19.7 Å². The van der Waals surface area contributed by atoms with Crippen molar-refractivity contribution >= 4 is 24.1 Å². The van der Waals surface area contributed by atoms with E-state index in [1.807, 2.05) is 0 Å². The van der Waals surface area contributed by atoms with Crippen LogP contribution in [0.5, 0.6) is 0 Å². The van der Waals surface area contributed by atoms with Gasteiger partial charge in [-0.2, -0.15) is 0 Å². The van der Waals surface area contributed by atoms with Gasteiger partial charge in [0, 0.05) is 18.5 Å². The molecule has 1 aromatic rings. The molecule has 11 heteroatoms. The Balaban J connectivity index is 1.50. The number of carbonyl (C=O) groups excluding carboxylic acids is 4. The minimum atomic E-state index is -1.01. The Morgan fingerprint density at radius 1 is 1.17 bits per heavy atom. The molecule has 0 aliphatic carbocycles. The highest BCUT2D eigenvalue weighted by atomic mass is 19.1. The Bertz CT molecular complexity index is 1100. The molecule has 0 saturated carbocycles. The number of esters is 1. The molecule has 0 aromatic heterocycles. The van der Waals surface area contributed by atoms with Gasteiger partial charge >= 0.3 is 18.2 Å². The molecule has 3 aliphatic rings. The van der Waals surface area contributed by atoms with Gasteiger partial charge in [-0.3, -0.25) is 9.69 Å². The summed E-state index contributed by atoms with van der Waals surface area (Å²) in [5.74, 6) is -1.56. The van der Waals surface area contributed by atoms with Crippen LogP contribution < -0.4 is 5.32 Å². The van der Waals surface area contributed by atoms with E-state index in [4.69, 9.17) is 14.2 Å². The molecule has 4 rings (SSSR count). The minimum absolute atomic E-state index is 0.0213. The second kappa shape index (κ2) is 9.79. The lowest BCUT2D eigenvalue weighted by molar-refractivity contribution is -0.152. The van der Waals surface area contributed by atoms with Crippen molar-refractivity contribution in [2.24, 2.45) is 0 Å². The number of hydrogen-bond donors (Lipinski definition) is 1. The third kappa shape index (κ3) is 5.14. The van der Waals surface area contributed by atoms with Crippen molar-refractivity contribution in [2.75, 3.05) is 7.11 Å². The number of rotatable bonds is 3. The highest BCUT2D eigenvalue weighted by molar-refractivity contribution is 5.91. The largest absolute Gasteiger partial charge is 0.467 e. The number of ether oxygens (including phenoxy) is 3. The van der Waals surface area contributed by atoms with Gasteiger partial charge in [0.25, 0.3) is 0 Å². The number of amides is 3. The molecule has 1 saturated heterocycles. The summed E-state index contributed by atoms with van der Waals surface area (Å²) in [6.45, 7) is 5.38. The highest BCUT2D eigenvalue weighted by Crippen LogP contribution is 2.33. The average molecular weight is 504 g/mol. The summed E-state index contributed by atoms with van der Waals surface area (Å²) in [6, 6.07) is 1.96. The Morgan fingerprint density at radius 3 is 2.58 bits per heavy atom. The van der Waals surface area contributed by atoms with E-state index in [2.05, 4.69) is 5.32 Å². The summed E-state index contributed by atoms with van der Waals surface area (Å²) in [5.41, 5.74) is 0.388. The SMILES string of the molecule is COC(=O)[C@@H]1C[C@@H](OC(=O)N2Cc3cccc(F)c3C2)C2C=CC[C@H](NC(=O)OC(C)(C)C)C(=O)N21. The lowest BCUT2D eigenvalue weighted by Crippen LogP contribution is -2.54. The molecule has 4 atom stereocenters. The number of carbonyl (C=O) groups is 4. The smallest absolute Gasteiger partial charge is 0.410 e. The van der Waals surface area contributed by atoms with Gasteiger partial charge in [-0.05, 0) is 38.8 Å². The Kier molecular flexibility index (Phi) is 6.92. The fraction of sp³-hybridized carbons (Fsp3) is 0.520. The summed E-state index contributed by atoms with van der Waals surface area (Å²) < 4.78 is 30.0. The molecule has 0 bridgehead atoms. The van der Waals surface area contributed by atoms with Crippen molar-refractivity contribution < 1.29 is 37.8 Å². The molecule has 1 aromatic carbocycles. The third-order valence-corrected chi connectivity index (χ3v) is 6.35. The second-order valence-electron chi connectivity index (χ2n) is 10.0. The number of halogens is 1. The number of methoxy groups -OCH3 is 1. The first kappa shape index (κ1) is 25.5. The molecule has 3 aliphatic heterocycles. The summed E-state index contributed by atoms with van der Waals surface area (Å²) in [6.07, 6.45) is 1.31. The quantitative estimate of drug-likeness (QED) is 0.383. The Hall–Kier alpha value is -3.63. The van der Waals surface area contributed by atoms with Gasteiger partial charge in [0.15, 0.2) is 0 Å². The van der Waals surface area contributed by atoms with E-state index in [1.165, 1.54) is 23.0 Å². The van der Waals surface area contributed by atoms with E-state index < -0.39 is 53.9 Å². The zero-order valence-electron chi connectivity index (χ0n) is 20.7. The zero-order chi connectivity index (χ0) is 26.2. The Morgan fingerprint density at radius 2 is 1.92 bits per heavy atom. The van der Waals surface area contributed by atoms with Crippen LogP contribution in [0.25, 0.3) is 0 Å². The average Bonchev–Trinajstić information content (AvgIpc) is 3.35. The predicted molar refractivity (Wildman–Crippen MR) is 124 cm³/mol. The first-order valence-corrected chi connectivity index (χ1v) is 11.8. The van der Waals surface area contributed by atoms with Gasteiger partial charge < -0.3 is 24.4 Å². The number of alkyl carbamates (subject to hydrolysis) is 1. The van der Waals surface area contributed by atoms with Gasteiger partial charge in [-0.25, -0.2) is 18.8 Å². The fourth-order valence-corrected chi connectivity index (χ4v) is 4.76. The lowest BCUT2D eigenvalue weighted by atomic mass is 10.1. The zero-order valence-corrected chi connectivity index (χ0v) is 20.7. The Labute approximate surface area is 208 Å². The van der Waals surface area contributed by atoms with Gasteiger partial charge in [0.1, 0.15) is 29.6 Å². The molecule has 0 radical (unpaired) electrons. The van der Waals surface area contributed by atoms with E-state index in [0.717, 1.165) is 0 Å². The van der Waals surface area contributed by atoms with Crippen LogP contribution in [0, 0.1) is 5.82 Å². The van der Waals surface area contributed by atoms with Crippen LogP contribution in [0.3, 0.4) is 0 Å². The van der Waals surface area contributed by atoms with Gasteiger partial charge in [0.2, 0.25) is 5.91 Å². The summed E-state index contributed by atoms with van der Waals surface area (Å²) in [5, 5.41) is 2.56. The molecule has 1 N–H and O–H groups in total. The molecule has 194 valence electrons. The van der Waals surface area contributed by atoms with E-state index in [0.29, 0.717) is 11.1 Å². The second-order valence-corrected chi connectivity index (χ2v) is 10.0. The number of nitrogens with zero attached hydrogens (tertiary/aromatic N) is 2. The van der Waals surface area contributed by atoms with Crippen molar-refractivity contribution in [3.63, 3.8) is 0 Å². The maximum absolute atomic E-state index is 14.1. The van der Waals surface area contributed by atoms with E-state index in [9.17, 15) is 23.6 Å². The molecule has 36 heavy (non-hydrogen) atoms. The molecule has 10 nitrogen and oxygen atoms in total. The van der Waals surface area contributed by atoms with Crippen molar-refractivity contribution in [3.05, 3.63) is 47.3 Å². The standard InChI is InChI=1S/C25H30FN3O7/c1-25(2,3)36-23(32)27-17-9-6-10-18-20(11-19(22(31)34-4)29(18)21(17)30)35-24(33)28-12-14-7-5-8-16(26)15(14)13-28/h5-8,10,17-20H,9,11-13H2,1-4H3,(H,27,32)/t17-,18?,19-,20+/m0/s1. The minimum Gasteiger partial charge on any atom is -0.467 e. The first-order chi connectivity index (χ1) is 17.0. The normalized spacial score (nSPS) is 25.1. The first-order valence-electron chi connectivity index (χ1n) is 11.8. The van der Waals surface area contributed by atoms with Crippen molar-refractivity contribution in [1.82, 2.24) is 15.1 Å². The molecule has 1 fully saturated rings. The molecular formula is C25H30FN3O7. The maximum atomic E-state index is 14.1. The van der Waals surface area contributed by atoms with E-state index >= 15 is 0 Å². The third-order valence-electron chi connectivity index (χ3n) is 6.35. The summed E-state index contributed by atoms with van der Waals surface area (Å²) in [4.78, 5) is 54.0. The molecule has 1 unspecified atom stereocenters. The van der Waals surface area contributed by atoms with Gasteiger partial charge in [-0.15, -0.1) is 0 Å². The molecule has 3 heterocycles. The molecule has 0 spiro atoms. The van der Waals surface area contributed by atoms with Crippen molar-refractivity contribution in [2.45, 2.75) is 76.5 Å². The monoisotopic (exact) mass is 503 g/mol. The van der Waals surface area contributed by atoms with E-state index in [1.54, 1.807) is 45.1 Å². The molecular weight excluding hydrogens is 473 g/mol. The summed E-state index contributed by atoms with van der Waals surface area (Å²) >= 11 is 0. The van der Waals surface area contributed by atoms with E-state index in [-0.39, 0.29) is 31.7 Å². The van der Waals surface area contributed by atoms with Crippen LogP contribution in [0.4, 0.5) is 14.0 Å². The van der Waals surface area contributed by atoms with Gasteiger partial charge in [-0.1, -0.05) is 24.3 Å². The predicted octanol–water partition coefficient (Wildman–Crippen LogP) is 2.64. The van der Waals surface area contributed by atoms with Crippen LogP contribution >= 0.6 is 0 Å². The fourth-order valence-electron chi connectivity index (χ4n) is 4.76.